The summed E-state index contributed by atoms with van der Waals surface area (Å²) in [7, 11) is -4.39. The van der Waals surface area contributed by atoms with Crippen molar-refractivity contribution in [1.29, 1.82) is 0 Å². The first-order chi connectivity index (χ1) is 35.8. The van der Waals surface area contributed by atoms with Gasteiger partial charge in [-0.1, -0.05) is 267 Å². The average Bonchev–Trinajstić information content (AvgIpc) is 3.38. The van der Waals surface area contributed by atoms with Crippen LogP contribution < -0.4 is 5.73 Å². The SMILES string of the molecule is CC/C=C\C/C=C\C/C=C\C/C=C\CCCCCCCCC(=O)OC(COC(=O)CCCCCCCCCCCCCCCCCCCCCCC/C=C\CCCCCCCCCC)COP(=O)(O)OCCN. The van der Waals surface area contributed by atoms with E-state index in [1.165, 1.54) is 180 Å². The Labute approximate surface area is 450 Å². The van der Waals surface area contributed by atoms with Crippen LogP contribution in [-0.2, 0) is 32.7 Å². The monoisotopic (exact) mass is 1050 g/mol. The molecule has 10 heteroatoms. The van der Waals surface area contributed by atoms with Crippen LogP contribution in [-0.4, -0.2) is 49.3 Å². The molecule has 0 aromatic heterocycles. The van der Waals surface area contributed by atoms with E-state index >= 15 is 0 Å². The van der Waals surface area contributed by atoms with E-state index in [0.717, 1.165) is 83.5 Å². The van der Waals surface area contributed by atoms with E-state index in [9.17, 15) is 19.0 Å². The van der Waals surface area contributed by atoms with E-state index in [0.29, 0.717) is 6.42 Å². The van der Waals surface area contributed by atoms with Gasteiger partial charge in [-0.3, -0.25) is 18.6 Å². The molecule has 0 saturated heterocycles. The number of hydrogen-bond acceptors (Lipinski definition) is 8. The van der Waals surface area contributed by atoms with E-state index < -0.39 is 26.5 Å². The van der Waals surface area contributed by atoms with Crippen LogP contribution in [0.3, 0.4) is 0 Å². The van der Waals surface area contributed by atoms with Gasteiger partial charge in [-0.15, -0.1) is 0 Å². The van der Waals surface area contributed by atoms with Crippen LogP contribution >= 0.6 is 7.82 Å². The van der Waals surface area contributed by atoms with Crippen LogP contribution in [0.1, 0.15) is 296 Å². The summed E-state index contributed by atoms with van der Waals surface area (Å²) in [4.78, 5) is 35.2. The quantitative estimate of drug-likeness (QED) is 0.0264. The summed E-state index contributed by atoms with van der Waals surface area (Å²) in [6.07, 6.45) is 74.4. The Bertz CT molecular complexity index is 1380. The summed E-state index contributed by atoms with van der Waals surface area (Å²) in [5.41, 5.74) is 5.38. The van der Waals surface area contributed by atoms with Gasteiger partial charge >= 0.3 is 19.8 Å². The third-order valence-corrected chi connectivity index (χ3v) is 14.4. The van der Waals surface area contributed by atoms with E-state index in [-0.39, 0.29) is 38.6 Å². The standard InChI is InChI=1S/C63H116NO8P/c1-3-5-7-9-11-13-15-17-19-21-23-24-25-26-27-28-29-30-31-32-33-34-35-36-38-39-41-43-45-47-49-51-53-55-62(65)69-59-61(60-71-73(67,68)70-58-57-64)72-63(66)56-54-52-50-48-46-44-42-40-37-22-20-18-16-14-12-10-8-6-4-2/h6,8,12,14,18,20-21,23,37,40,61H,3-5,7,9-11,13,15-17,19,22,24-36,38-39,41-60,64H2,1-2H3,(H,67,68)/b8-6-,14-12-,20-18-,23-21-,40-37-. The van der Waals surface area contributed by atoms with Gasteiger partial charge in [0.15, 0.2) is 6.10 Å². The highest BCUT2D eigenvalue weighted by atomic mass is 31.2. The lowest BCUT2D eigenvalue weighted by molar-refractivity contribution is -0.161. The Balaban J connectivity index is 3.86. The highest BCUT2D eigenvalue weighted by molar-refractivity contribution is 7.47. The molecular formula is C63H116NO8P. The minimum Gasteiger partial charge on any atom is -0.462 e. The largest absolute Gasteiger partial charge is 0.472 e. The zero-order valence-electron chi connectivity index (χ0n) is 47.6. The highest BCUT2D eigenvalue weighted by Crippen LogP contribution is 2.43. The summed E-state index contributed by atoms with van der Waals surface area (Å²) < 4.78 is 33.0. The number of hydrogen-bond donors (Lipinski definition) is 2. The molecule has 0 aromatic carbocycles. The summed E-state index contributed by atoms with van der Waals surface area (Å²) in [5.74, 6) is -0.835. The van der Waals surface area contributed by atoms with Gasteiger partial charge in [-0.2, -0.15) is 0 Å². The lowest BCUT2D eigenvalue weighted by Gasteiger charge is -2.19. The van der Waals surface area contributed by atoms with Crippen LogP contribution in [0.2, 0.25) is 0 Å². The number of allylic oxidation sites excluding steroid dienone is 10. The van der Waals surface area contributed by atoms with Crippen LogP contribution in [0.25, 0.3) is 0 Å². The topological polar surface area (TPSA) is 134 Å². The third-order valence-electron chi connectivity index (χ3n) is 13.4. The van der Waals surface area contributed by atoms with E-state index in [1.807, 2.05) is 0 Å². The molecular weight excluding hydrogens is 930 g/mol. The van der Waals surface area contributed by atoms with Crippen molar-refractivity contribution in [2.24, 2.45) is 5.73 Å². The molecule has 0 amide bonds. The zero-order valence-corrected chi connectivity index (χ0v) is 48.5. The van der Waals surface area contributed by atoms with Crippen molar-refractivity contribution in [2.45, 2.75) is 302 Å². The Morgan fingerprint density at radius 3 is 1.14 bits per heavy atom. The minimum absolute atomic E-state index is 0.0497. The molecule has 0 aliphatic heterocycles. The maximum Gasteiger partial charge on any atom is 0.472 e. The fraction of sp³-hybridized carbons (Fsp3) is 0.810. The second-order valence-electron chi connectivity index (χ2n) is 20.5. The van der Waals surface area contributed by atoms with Gasteiger partial charge in [0.25, 0.3) is 0 Å². The number of carbonyl (C=O) groups is 2. The number of phosphoric ester groups is 1. The van der Waals surface area contributed by atoms with Crippen molar-refractivity contribution >= 4 is 19.8 Å². The van der Waals surface area contributed by atoms with Crippen LogP contribution in [0.15, 0.2) is 60.8 Å². The predicted molar refractivity (Wildman–Crippen MR) is 312 cm³/mol. The molecule has 2 atom stereocenters. The first-order valence-electron chi connectivity index (χ1n) is 30.8. The van der Waals surface area contributed by atoms with Crippen molar-refractivity contribution in [3.8, 4) is 0 Å². The van der Waals surface area contributed by atoms with Gasteiger partial charge in [0.2, 0.25) is 0 Å². The Morgan fingerprint density at radius 2 is 0.753 bits per heavy atom. The summed E-state index contributed by atoms with van der Waals surface area (Å²) in [6.45, 7) is 3.65. The number of rotatable bonds is 58. The molecule has 0 aliphatic rings. The molecule has 0 aliphatic carbocycles. The van der Waals surface area contributed by atoms with Crippen LogP contribution in [0, 0.1) is 0 Å². The van der Waals surface area contributed by atoms with E-state index in [1.54, 1.807) is 0 Å². The molecule has 0 radical (unpaired) electrons. The first-order valence-corrected chi connectivity index (χ1v) is 32.3. The van der Waals surface area contributed by atoms with Gasteiger partial charge in [0.05, 0.1) is 13.2 Å². The molecule has 0 spiro atoms. The van der Waals surface area contributed by atoms with Crippen molar-refractivity contribution in [3.05, 3.63) is 60.8 Å². The normalized spacial score (nSPS) is 13.4. The van der Waals surface area contributed by atoms with Crippen molar-refractivity contribution in [1.82, 2.24) is 0 Å². The van der Waals surface area contributed by atoms with Gasteiger partial charge < -0.3 is 20.1 Å². The van der Waals surface area contributed by atoms with Gasteiger partial charge in [-0.25, -0.2) is 4.57 Å². The Hall–Kier alpha value is -2.29. The molecule has 2 unspecified atom stereocenters. The number of esters is 2. The van der Waals surface area contributed by atoms with Gasteiger partial charge in [0.1, 0.15) is 6.61 Å². The number of carbonyl (C=O) groups excluding carboxylic acids is 2. The summed E-state index contributed by atoms with van der Waals surface area (Å²) in [5, 5.41) is 0. The predicted octanol–water partition coefficient (Wildman–Crippen LogP) is 19.5. The molecule has 426 valence electrons. The van der Waals surface area contributed by atoms with Crippen molar-refractivity contribution in [3.63, 3.8) is 0 Å². The number of nitrogens with two attached hydrogens (primary N) is 1. The maximum atomic E-state index is 12.7. The molecule has 0 aromatic rings. The lowest BCUT2D eigenvalue weighted by atomic mass is 10.0. The Kier molecular flexibility index (Phi) is 57.1. The zero-order chi connectivity index (χ0) is 53.1. The molecule has 0 saturated carbocycles. The highest BCUT2D eigenvalue weighted by Gasteiger charge is 2.26. The summed E-state index contributed by atoms with van der Waals surface area (Å²) in [6, 6.07) is 0. The molecule has 9 nitrogen and oxygen atoms in total. The maximum absolute atomic E-state index is 12.7. The second-order valence-corrected chi connectivity index (χ2v) is 22.0. The Morgan fingerprint density at radius 1 is 0.425 bits per heavy atom. The van der Waals surface area contributed by atoms with Crippen molar-refractivity contribution < 1.29 is 37.6 Å². The van der Waals surface area contributed by atoms with Crippen molar-refractivity contribution in [2.75, 3.05) is 26.4 Å². The molecule has 0 fully saturated rings. The first kappa shape index (κ1) is 70.7. The molecule has 73 heavy (non-hydrogen) atoms. The van der Waals surface area contributed by atoms with E-state index in [2.05, 4.69) is 74.6 Å². The van der Waals surface area contributed by atoms with E-state index in [4.69, 9.17) is 24.3 Å². The van der Waals surface area contributed by atoms with Crippen LogP contribution in [0.5, 0.6) is 0 Å². The van der Waals surface area contributed by atoms with Gasteiger partial charge in [-0.05, 0) is 77.0 Å². The molecule has 0 bridgehead atoms. The molecule has 0 rings (SSSR count). The fourth-order valence-electron chi connectivity index (χ4n) is 8.86. The number of phosphoric acid groups is 1. The number of ether oxygens (including phenoxy) is 2. The molecule has 0 heterocycles. The van der Waals surface area contributed by atoms with Gasteiger partial charge in [0, 0.05) is 19.4 Å². The molecule has 3 N–H and O–H groups in total. The average molecular weight is 1050 g/mol. The summed E-state index contributed by atoms with van der Waals surface area (Å²) >= 11 is 0. The fourth-order valence-corrected chi connectivity index (χ4v) is 9.63. The van der Waals surface area contributed by atoms with Crippen LogP contribution in [0.4, 0.5) is 0 Å². The third kappa shape index (κ3) is 58.8. The smallest absolute Gasteiger partial charge is 0.462 e. The second kappa shape index (κ2) is 59.0. The number of unbranched alkanes of at least 4 members (excludes halogenated alkanes) is 35. The lowest BCUT2D eigenvalue weighted by Crippen LogP contribution is -2.29. The minimum atomic E-state index is -4.39.